The van der Waals surface area contributed by atoms with Crippen LogP contribution < -0.4 is 5.32 Å². The van der Waals surface area contributed by atoms with Crippen molar-refractivity contribution in [1.82, 2.24) is 5.32 Å². The van der Waals surface area contributed by atoms with Gasteiger partial charge in [-0.1, -0.05) is 163 Å². The van der Waals surface area contributed by atoms with E-state index in [2.05, 4.69) is 63.5 Å². The Bertz CT molecular complexity index is 1690. The summed E-state index contributed by atoms with van der Waals surface area (Å²) >= 11 is 0. The third-order valence-corrected chi connectivity index (χ3v) is 10.1. The lowest BCUT2D eigenvalue weighted by atomic mass is 9.71. The first-order valence-corrected chi connectivity index (χ1v) is 17.8. The van der Waals surface area contributed by atoms with Crippen LogP contribution in [0.5, 0.6) is 0 Å². The predicted molar refractivity (Wildman–Crippen MR) is 199 cm³/mol. The van der Waals surface area contributed by atoms with Crippen LogP contribution in [0.1, 0.15) is 88.0 Å². The van der Waals surface area contributed by atoms with E-state index in [1.54, 1.807) is 6.08 Å². The summed E-state index contributed by atoms with van der Waals surface area (Å²) in [5.74, 6) is 1.44. The molecule has 1 N–H and O–H groups in total. The van der Waals surface area contributed by atoms with Crippen molar-refractivity contribution in [1.29, 1.82) is 0 Å². The smallest absolute Gasteiger partial charge is 0.379 e. The number of benzene rings is 4. The van der Waals surface area contributed by atoms with E-state index in [-0.39, 0.29) is 0 Å². The Morgan fingerprint density at radius 1 is 0.706 bits per heavy atom. The molecule has 1 aliphatic carbocycles. The SMILES string of the molecule is C=C(NCC(F)(F)F)C1(CCCCC(C)CCC(C)CC)c2ccccc2-c2ccccc21.C=Cc1ccccc1-c1ccc(C(F)(F)F)cc1. The molecule has 1 nitrogen and oxygen atoms in total. The van der Waals surface area contributed by atoms with Gasteiger partial charge in [0, 0.05) is 5.70 Å². The summed E-state index contributed by atoms with van der Waals surface area (Å²) in [6.45, 7) is 13.7. The molecule has 0 bridgehead atoms. The molecule has 0 aromatic heterocycles. The van der Waals surface area contributed by atoms with Crippen LogP contribution in [-0.2, 0) is 11.6 Å². The average Bonchev–Trinajstić information content (AvgIpc) is 3.41. The summed E-state index contributed by atoms with van der Waals surface area (Å²) in [7, 11) is 0. The highest BCUT2D eigenvalue weighted by Gasteiger charge is 2.45. The highest BCUT2D eigenvalue weighted by atomic mass is 19.4. The van der Waals surface area contributed by atoms with Crippen molar-refractivity contribution in [3.05, 3.63) is 138 Å². The number of fused-ring (bicyclic) bond motifs is 3. The number of hydrogen-bond donors (Lipinski definition) is 1. The molecule has 0 fully saturated rings. The molecule has 272 valence electrons. The highest BCUT2D eigenvalue weighted by molar-refractivity contribution is 5.83. The van der Waals surface area contributed by atoms with Crippen LogP contribution >= 0.6 is 0 Å². The minimum Gasteiger partial charge on any atom is -0.379 e. The van der Waals surface area contributed by atoms with Crippen LogP contribution in [-0.4, -0.2) is 12.7 Å². The summed E-state index contributed by atoms with van der Waals surface area (Å²) < 4.78 is 76.6. The van der Waals surface area contributed by atoms with Crippen molar-refractivity contribution >= 4 is 6.08 Å². The fourth-order valence-electron chi connectivity index (χ4n) is 7.01. The van der Waals surface area contributed by atoms with Gasteiger partial charge in [-0.2, -0.15) is 26.3 Å². The summed E-state index contributed by atoms with van der Waals surface area (Å²) in [5.41, 5.74) is 6.03. The summed E-state index contributed by atoms with van der Waals surface area (Å²) in [6, 6.07) is 28.8. The second-order valence-corrected chi connectivity index (χ2v) is 13.8. The fourth-order valence-corrected chi connectivity index (χ4v) is 7.01. The lowest BCUT2D eigenvalue weighted by molar-refractivity contribution is -0.137. The molecule has 2 unspecified atom stereocenters. The summed E-state index contributed by atoms with van der Waals surface area (Å²) in [6.07, 6.45) is 0.758. The summed E-state index contributed by atoms with van der Waals surface area (Å²) in [4.78, 5) is 0. The normalized spacial score (nSPS) is 14.4. The molecule has 7 heteroatoms. The molecule has 0 radical (unpaired) electrons. The van der Waals surface area contributed by atoms with Gasteiger partial charge < -0.3 is 5.32 Å². The molecule has 0 saturated heterocycles. The third kappa shape index (κ3) is 9.96. The molecule has 0 saturated carbocycles. The first-order chi connectivity index (χ1) is 24.2. The summed E-state index contributed by atoms with van der Waals surface area (Å²) in [5, 5.41) is 2.66. The molecule has 0 amide bonds. The van der Waals surface area contributed by atoms with Crippen LogP contribution in [0.4, 0.5) is 26.3 Å². The van der Waals surface area contributed by atoms with E-state index in [9.17, 15) is 26.3 Å². The number of hydrogen-bond acceptors (Lipinski definition) is 1. The quantitative estimate of drug-likeness (QED) is 0.102. The Kier molecular flexibility index (Phi) is 13.4. The maximum atomic E-state index is 13.1. The van der Waals surface area contributed by atoms with Gasteiger partial charge in [0.2, 0.25) is 0 Å². The van der Waals surface area contributed by atoms with Crippen molar-refractivity contribution in [2.45, 2.75) is 83.5 Å². The molecule has 51 heavy (non-hydrogen) atoms. The molecule has 2 atom stereocenters. The largest absolute Gasteiger partial charge is 0.416 e. The zero-order valence-corrected chi connectivity index (χ0v) is 29.8. The number of unbranched alkanes of at least 4 members (excludes halogenated alkanes) is 1. The van der Waals surface area contributed by atoms with Crippen molar-refractivity contribution in [3.63, 3.8) is 0 Å². The maximum absolute atomic E-state index is 13.1. The Morgan fingerprint density at radius 2 is 1.24 bits per heavy atom. The minimum absolute atomic E-state index is 0.446. The van der Waals surface area contributed by atoms with E-state index in [1.165, 1.54) is 31.4 Å². The number of rotatable bonds is 14. The Balaban J connectivity index is 0.000000272. The molecule has 0 spiro atoms. The van der Waals surface area contributed by atoms with Crippen molar-refractivity contribution in [2.75, 3.05) is 6.54 Å². The van der Waals surface area contributed by atoms with Gasteiger partial charge in [0.1, 0.15) is 6.54 Å². The van der Waals surface area contributed by atoms with Gasteiger partial charge in [-0.25, -0.2) is 0 Å². The first-order valence-electron chi connectivity index (χ1n) is 17.8. The molecule has 0 heterocycles. The molecule has 4 aromatic rings. The van der Waals surface area contributed by atoms with Gasteiger partial charge in [0.25, 0.3) is 0 Å². The van der Waals surface area contributed by atoms with E-state index in [4.69, 9.17) is 0 Å². The van der Waals surface area contributed by atoms with Gasteiger partial charge in [-0.3, -0.25) is 0 Å². The Morgan fingerprint density at radius 3 is 1.76 bits per heavy atom. The second kappa shape index (κ2) is 17.3. The molecular formula is C44H49F6N. The van der Waals surface area contributed by atoms with Crippen LogP contribution in [0.3, 0.4) is 0 Å². The maximum Gasteiger partial charge on any atom is 0.416 e. The first kappa shape index (κ1) is 39.5. The van der Waals surface area contributed by atoms with Crippen molar-refractivity contribution < 1.29 is 26.3 Å². The minimum atomic E-state index is -4.30. The molecular weight excluding hydrogens is 656 g/mol. The lowest BCUT2D eigenvalue weighted by Gasteiger charge is -2.35. The van der Waals surface area contributed by atoms with Crippen molar-refractivity contribution in [3.8, 4) is 22.3 Å². The zero-order chi connectivity index (χ0) is 37.2. The van der Waals surface area contributed by atoms with E-state index < -0.39 is 29.9 Å². The zero-order valence-electron chi connectivity index (χ0n) is 29.8. The van der Waals surface area contributed by atoms with E-state index in [0.29, 0.717) is 11.6 Å². The standard InChI is InChI=1S/C29H38F3N.C15H11F3/c1-5-21(2)17-18-22(3)12-10-11-19-28(23(4)33-20-29(30,31)32)26-15-8-6-13-24(26)25-14-7-9-16-27(25)28;1-2-11-5-3-4-6-14(11)12-7-9-13(10-8-12)15(16,17)18/h6-9,13-16,21-22,33H,4-5,10-12,17-20H2,1-3H3;2-10H,1H2. The van der Waals surface area contributed by atoms with Gasteiger partial charge in [0.15, 0.2) is 0 Å². The van der Waals surface area contributed by atoms with E-state index in [1.807, 2.05) is 48.5 Å². The number of allylic oxidation sites excluding steroid dienone is 1. The molecule has 5 rings (SSSR count). The van der Waals surface area contributed by atoms with Crippen molar-refractivity contribution in [2.24, 2.45) is 11.8 Å². The fraction of sp³-hybridized carbons (Fsp3) is 0.364. The van der Waals surface area contributed by atoms with Crippen LogP contribution in [0.15, 0.2) is 116 Å². The van der Waals surface area contributed by atoms with Gasteiger partial charge in [0.05, 0.1) is 11.0 Å². The van der Waals surface area contributed by atoms with E-state index >= 15 is 0 Å². The molecule has 4 aromatic carbocycles. The third-order valence-electron chi connectivity index (χ3n) is 10.1. The van der Waals surface area contributed by atoms with Gasteiger partial charge >= 0.3 is 12.4 Å². The van der Waals surface area contributed by atoms with Gasteiger partial charge in [-0.05, 0) is 69.3 Å². The van der Waals surface area contributed by atoms with Gasteiger partial charge in [-0.15, -0.1) is 0 Å². The van der Waals surface area contributed by atoms with E-state index in [0.717, 1.165) is 82.7 Å². The Labute approximate surface area is 299 Å². The predicted octanol–water partition coefficient (Wildman–Crippen LogP) is 13.7. The van der Waals surface area contributed by atoms with Crippen LogP contribution in [0.2, 0.25) is 0 Å². The number of nitrogens with one attached hydrogen (secondary N) is 1. The molecule has 1 aliphatic rings. The van der Waals surface area contributed by atoms with Crippen LogP contribution in [0.25, 0.3) is 28.3 Å². The monoisotopic (exact) mass is 705 g/mol. The average molecular weight is 706 g/mol. The molecule has 0 aliphatic heterocycles. The second-order valence-electron chi connectivity index (χ2n) is 13.8. The number of halogens is 6. The topological polar surface area (TPSA) is 12.0 Å². The Hall–Kier alpha value is -4.26. The van der Waals surface area contributed by atoms with Crippen LogP contribution in [0, 0.1) is 11.8 Å². The number of alkyl halides is 6. The highest BCUT2D eigenvalue weighted by Crippen LogP contribution is 2.54. The lowest BCUT2D eigenvalue weighted by Crippen LogP contribution is -2.39.